The van der Waals surface area contributed by atoms with E-state index >= 15 is 0 Å². The van der Waals surface area contributed by atoms with Crippen LogP contribution < -0.4 is 15.0 Å². The highest BCUT2D eigenvalue weighted by atomic mass is 16.5. The number of ether oxygens (including phenoxy) is 1. The first-order valence-electron chi connectivity index (χ1n) is 9.93. The molecule has 0 saturated carbocycles. The van der Waals surface area contributed by atoms with Crippen LogP contribution in [-0.4, -0.2) is 27.9 Å². The molecule has 7 nitrogen and oxygen atoms in total. The molecule has 0 atom stereocenters. The van der Waals surface area contributed by atoms with Gasteiger partial charge in [0.2, 0.25) is 0 Å². The Morgan fingerprint density at radius 1 is 1.10 bits per heavy atom. The molecule has 0 aliphatic carbocycles. The molecule has 4 rings (SSSR count). The largest absolute Gasteiger partial charge is 0.497 e. The molecule has 2 heterocycles. The van der Waals surface area contributed by atoms with Gasteiger partial charge in [0, 0.05) is 24.3 Å². The highest BCUT2D eigenvalue weighted by Gasteiger charge is 2.20. The maximum absolute atomic E-state index is 13.1. The minimum atomic E-state index is -0.230. The number of fused-ring (bicyclic) bond motifs is 1. The number of anilines is 2. The lowest BCUT2D eigenvalue weighted by Crippen LogP contribution is -2.35. The van der Waals surface area contributed by atoms with Gasteiger partial charge in [-0.15, -0.1) is 0 Å². The summed E-state index contributed by atoms with van der Waals surface area (Å²) in [5.41, 5.74) is 1.49. The van der Waals surface area contributed by atoms with E-state index in [4.69, 9.17) is 9.72 Å². The molecule has 0 spiro atoms. The van der Waals surface area contributed by atoms with Crippen molar-refractivity contribution in [3.05, 3.63) is 66.2 Å². The van der Waals surface area contributed by atoms with Gasteiger partial charge in [-0.05, 0) is 49.2 Å². The van der Waals surface area contributed by atoms with E-state index in [1.165, 1.54) is 6.42 Å². The maximum atomic E-state index is 13.1. The van der Waals surface area contributed by atoms with Crippen LogP contribution in [0.15, 0.2) is 54.6 Å². The van der Waals surface area contributed by atoms with Crippen molar-refractivity contribution >= 4 is 17.4 Å². The van der Waals surface area contributed by atoms with E-state index in [0.717, 1.165) is 43.1 Å². The lowest BCUT2D eigenvalue weighted by atomic mass is 10.2. The Hall–Kier alpha value is -3.35. The number of methoxy groups -OCH3 is 1. The summed E-state index contributed by atoms with van der Waals surface area (Å²) in [6.45, 7) is 1.21. The number of urea groups is 1. The summed E-state index contributed by atoms with van der Waals surface area (Å²) in [6, 6.07) is 16.6. The molecule has 0 saturated heterocycles. The van der Waals surface area contributed by atoms with E-state index in [1.54, 1.807) is 12.0 Å². The number of rotatable bonds is 5. The van der Waals surface area contributed by atoms with Gasteiger partial charge in [-0.25, -0.2) is 14.5 Å². The van der Waals surface area contributed by atoms with Crippen molar-refractivity contribution in [2.24, 2.45) is 0 Å². The normalized spacial score (nSPS) is 13.3. The molecule has 1 N–H and O–H groups in total. The number of aromatic nitrogens is 3. The van der Waals surface area contributed by atoms with E-state index in [-0.39, 0.29) is 6.03 Å². The van der Waals surface area contributed by atoms with Crippen molar-refractivity contribution in [2.75, 3.05) is 17.3 Å². The van der Waals surface area contributed by atoms with E-state index in [1.807, 2.05) is 59.3 Å². The molecule has 1 aromatic heterocycles. The van der Waals surface area contributed by atoms with Crippen molar-refractivity contribution in [3.8, 4) is 5.75 Å². The molecule has 0 radical (unpaired) electrons. The van der Waals surface area contributed by atoms with Gasteiger partial charge in [0.05, 0.1) is 13.7 Å². The average molecular weight is 391 g/mol. The number of hydrogen-bond acceptors (Lipinski definition) is 4. The molecular weight excluding hydrogens is 366 g/mol. The lowest BCUT2D eigenvalue weighted by Gasteiger charge is -2.22. The minimum Gasteiger partial charge on any atom is -0.497 e. The zero-order valence-electron chi connectivity index (χ0n) is 16.5. The molecule has 7 heteroatoms. The van der Waals surface area contributed by atoms with Crippen molar-refractivity contribution in [1.82, 2.24) is 14.8 Å². The van der Waals surface area contributed by atoms with Gasteiger partial charge in [0.1, 0.15) is 11.6 Å². The molecule has 2 aromatic carbocycles. The molecule has 1 aliphatic heterocycles. The average Bonchev–Trinajstić information content (AvgIpc) is 3.01. The SMILES string of the molecule is COc1ccc(NC(=O)N(Cc2nc3n(n2)CCCCC3)c2ccccc2)cc1. The van der Waals surface area contributed by atoms with E-state index < -0.39 is 0 Å². The van der Waals surface area contributed by atoms with Gasteiger partial charge in [-0.1, -0.05) is 24.6 Å². The van der Waals surface area contributed by atoms with Crippen LogP contribution in [0, 0.1) is 0 Å². The van der Waals surface area contributed by atoms with Crippen LogP contribution in [-0.2, 0) is 19.5 Å². The summed E-state index contributed by atoms with van der Waals surface area (Å²) in [7, 11) is 1.62. The summed E-state index contributed by atoms with van der Waals surface area (Å²) in [5, 5.41) is 7.61. The first-order valence-corrected chi connectivity index (χ1v) is 9.93. The van der Waals surface area contributed by atoms with E-state index in [9.17, 15) is 4.79 Å². The third kappa shape index (κ3) is 4.56. The third-order valence-corrected chi connectivity index (χ3v) is 5.02. The van der Waals surface area contributed by atoms with Gasteiger partial charge < -0.3 is 10.1 Å². The van der Waals surface area contributed by atoms with Crippen LogP contribution in [0.2, 0.25) is 0 Å². The quantitative estimate of drug-likeness (QED) is 0.706. The van der Waals surface area contributed by atoms with Gasteiger partial charge >= 0.3 is 6.03 Å². The van der Waals surface area contributed by atoms with Crippen LogP contribution >= 0.6 is 0 Å². The second kappa shape index (κ2) is 8.77. The standard InChI is InChI=1S/C22H25N5O2/c1-29-19-13-11-17(12-14-19)23-22(28)26(18-8-4-2-5-9-18)16-20-24-21-10-6-3-7-15-27(21)25-20/h2,4-5,8-9,11-14H,3,6-7,10,15-16H2,1H3,(H,23,28). The second-order valence-electron chi connectivity index (χ2n) is 7.06. The zero-order chi connectivity index (χ0) is 20.1. The van der Waals surface area contributed by atoms with Crippen LogP contribution in [0.4, 0.5) is 16.2 Å². The van der Waals surface area contributed by atoms with Crippen LogP contribution in [0.1, 0.15) is 30.9 Å². The number of benzene rings is 2. The van der Waals surface area contributed by atoms with Crippen molar-refractivity contribution in [1.29, 1.82) is 0 Å². The number of para-hydroxylation sites is 1. The Morgan fingerprint density at radius 3 is 2.66 bits per heavy atom. The number of hydrogen-bond donors (Lipinski definition) is 1. The van der Waals surface area contributed by atoms with E-state index in [2.05, 4.69) is 10.4 Å². The number of amides is 2. The molecule has 150 valence electrons. The third-order valence-electron chi connectivity index (χ3n) is 5.02. The van der Waals surface area contributed by atoms with Crippen molar-refractivity contribution in [3.63, 3.8) is 0 Å². The smallest absolute Gasteiger partial charge is 0.326 e. The number of nitrogens with one attached hydrogen (secondary N) is 1. The first-order chi connectivity index (χ1) is 14.2. The Labute approximate surface area is 170 Å². The summed E-state index contributed by atoms with van der Waals surface area (Å²) in [4.78, 5) is 19.5. The Morgan fingerprint density at radius 2 is 1.90 bits per heavy atom. The molecule has 3 aromatic rings. The lowest BCUT2D eigenvalue weighted by molar-refractivity contribution is 0.256. The fourth-order valence-electron chi connectivity index (χ4n) is 3.47. The fraction of sp³-hybridized carbons (Fsp3) is 0.318. The molecular formula is C22H25N5O2. The van der Waals surface area contributed by atoms with Gasteiger partial charge in [0.15, 0.2) is 5.82 Å². The topological polar surface area (TPSA) is 72.3 Å². The highest BCUT2D eigenvalue weighted by Crippen LogP contribution is 2.21. The van der Waals surface area contributed by atoms with Crippen molar-refractivity contribution in [2.45, 2.75) is 38.8 Å². The Kier molecular flexibility index (Phi) is 5.74. The number of nitrogens with zero attached hydrogens (tertiary/aromatic N) is 4. The predicted molar refractivity (Wildman–Crippen MR) is 112 cm³/mol. The summed E-state index contributed by atoms with van der Waals surface area (Å²) in [5.74, 6) is 2.42. The van der Waals surface area contributed by atoms with Gasteiger partial charge in [-0.3, -0.25) is 4.90 Å². The zero-order valence-corrected chi connectivity index (χ0v) is 16.5. The fourth-order valence-corrected chi connectivity index (χ4v) is 3.47. The maximum Gasteiger partial charge on any atom is 0.326 e. The first kappa shape index (κ1) is 19.0. The Bertz CT molecular complexity index is 930. The number of carbonyl (C=O) groups excluding carboxylic acids is 1. The molecule has 0 bridgehead atoms. The molecule has 1 aliphatic rings. The summed E-state index contributed by atoms with van der Waals surface area (Å²) < 4.78 is 7.17. The van der Waals surface area contributed by atoms with Gasteiger partial charge in [-0.2, -0.15) is 5.10 Å². The monoisotopic (exact) mass is 391 g/mol. The minimum absolute atomic E-state index is 0.230. The highest BCUT2D eigenvalue weighted by molar-refractivity contribution is 6.01. The number of carbonyl (C=O) groups is 1. The van der Waals surface area contributed by atoms with Crippen LogP contribution in [0.25, 0.3) is 0 Å². The molecule has 29 heavy (non-hydrogen) atoms. The predicted octanol–water partition coefficient (Wildman–Crippen LogP) is 4.25. The van der Waals surface area contributed by atoms with Crippen molar-refractivity contribution < 1.29 is 9.53 Å². The Balaban J connectivity index is 1.55. The second-order valence-corrected chi connectivity index (χ2v) is 7.06. The molecule has 0 fully saturated rings. The molecule has 2 amide bonds. The number of aryl methyl sites for hydroxylation is 2. The van der Waals surface area contributed by atoms with E-state index in [0.29, 0.717) is 18.1 Å². The van der Waals surface area contributed by atoms with Crippen LogP contribution in [0.3, 0.4) is 0 Å². The van der Waals surface area contributed by atoms with Crippen LogP contribution in [0.5, 0.6) is 5.75 Å². The molecule has 0 unspecified atom stereocenters. The summed E-state index contributed by atoms with van der Waals surface area (Å²) in [6.07, 6.45) is 4.41. The summed E-state index contributed by atoms with van der Waals surface area (Å²) >= 11 is 0. The van der Waals surface area contributed by atoms with Gasteiger partial charge in [0.25, 0.3) is 0 Å².